The van der Waals surface area contributed by atoms with Gasteiger partial charge in [-0.15, -0.1) is 0 Å². The molecule has 1 fully saturated rings. The van der Waals surface area contributed by atoms with Gasteiger partial charge in [-0.2, -0.15) is 0 Å². The number of carbonyl (C=O) groups excluding carboxylic acids is 2. The van der Waals surface area contributed by atoms with E-state index in [1.54, 1.807) is 25.1 Å². The molecule has 4 rings (SSSR count). The summed E-state index contributed by atoms with van der Waals surface area (Å²) in [7, 11) is 0. The molecule has 2 aliphatic rings. The van der Waals surface area contributed by atoms with Crippen molar-refractivity contribution in [1.82, 2.24) is 20.6 Å². The Bertz CT molecular complexity index is 1210. The van der Waals surface area contributed by atoms with Crippen molar-refractivity contribution >= 4 is 17.6 Å². The number of aryl methyl sites for hydroxylation is 1. The molecule has 0 saturated heterocycles. The van der Waals surface area contributed by atoms with Crippen molar-refractivity contribution in [3.8, 4) is 0 Å². The number of carbonyl (C=O) groups is 2. The summed E-state index contributed by atoms with van der Waals surface area (Å²) in [5.41, 5.74) is 7.74. The fraction of sp³-hybridized carbons (Fsp3) is 0.292. The van der Waals surface area contributed by atoms with Crippen molar-refractivity contribution in [3.63, 3.8) is 0 Å². The summed E-state index contributed by atoms with van der Waals surface area (Å²) in [5, 5.41) is 17.6. The van der Waals surface area contributed by atoms with Gasteiger partial charge in [-0.3, -0.25) is 9.59 Å². The van der Waals surface area contributed by atoms with Crippen LogP contribution in [0.2, 0.25) is 0 Å². The average Bonchev–Trinajstić information content (AvgIpc) is 3.25. The van der Waals surface area contributed by atoms with E-state index in [0.717, 1.165) is 18.4 Å². The van der Waals surface area contributed by atoms with Crippen LogP contribution < -0.4 is 16.4 Å². The lowest BCUT2D eigenvalue weighted by Crippen LogP contribution is -2.39. The van der Waals surface area contributed by atoms with Crippen molar-refractivity contribution in [2.45, 2.75) is 32.4 Å². The maximum atomic E-state index is 13.4. The minimum Gasteiger partial charge on any atom is -0.409 e. The molecule has 2 aromatic rings. The third-order valence-electron chi connectivity index (χ3n) is 6.19. The third kappa shape index (κ3) is 4.95. The fourth-order valence-corrected chi connectivity index (χ4v) is 4.36. The van der Waals surface area contributed by atoms with E-state index in [9.17, 15) is 14.0 Å². The van der Waals surface area contributed by atoms with E-state index in [1.807, 2.05) is 12.2 Å². The topological polar surface area (TPSA) is 143 Å². The molecule has 0 spiro atoms. The van der Waals surface area contributed by atoms with E-state index in [-0.39, 0.29) is 47.5 Å². The molecule has 1 aromatic carbocycles. The Balaban J connectivity index is 1.37. The second kappa shape index (κ2) is 9.82. The van der Waals surface area contributed by atoms with Crippen molar-refractivity contribution < 1.29 is 19.2 Å². The van der Waals surface area contributed by atoms with E-state index in [0.29, 0.717) is 11.1 Å². The normalized spacial score (nSPS) is 21.5. The summed E-state index contributed by atoms with van der Waals surface area (Å²) in [4.78, 5) is 33.4. The van der Waals surface area contributed by atoms with Crippen LogP contribution >= 0.6 is 0 Å². The van der Waals surface area contributed by atoms with Crippen molar-refractivity contribution in [3.05, 3.63) is 82.7 Å². The summed E-state index contributed by atoms with van der Waals surface area (Å²) >= 11 is 0. The van der Waals surface area contributed by atoms with E-state index in [2.05, 4.69) is 25.8 Å². The van der Waals surface area contributed by atoms with E-state index >= 15 is 0 Å². The molecule has 9 nitrogen and oxygen atoms in total. The molecule has 3 atom stereocenters. The number of nitrogens with zero attached hydrogens (tertiary/aromatic N) is 3. The van der Waals surface area contributed by atoms with Gasteiger partial charge in [0, 0.05) is 30.1 Å². The number of nitrogens with one attached hydrogen (secondary N) is 2. The van der Waals surface area contributed by atoms with Gasteiger partial charge in [0.05, 0.1) is 0 Å². The molecule has 1 heterocycles. The van der Waals surface area contributed by atoms with Crippen LogP contribution in [0.1, 0.15) is 44.9 Å². The largest absolute Gasteiger partial charge is 0.409 e. The lowest BCUT2D eigenvalue weighted by atomic mass is 9.86. The molecule has 2 aliphatic carbocycles. The first-order valence-electron chi connectivity index (χ1n) is 10.9. The molecule has 2 amide bonds. The highest BCUT2D eigenvalue weighted by Gasteiger charge is 2.36. The van der Waals surface area contributed by atoms with Gasteiger partial charge in [0.1, 0.15) is 23.5 Å². The highest BCUT2D eigenvalue weighted by atomic mass is 19.1. The Hall–Kier alpha value is -4.08. The summed E-state index contributed by atoms with van der Waals surface area (Å²) in [6.07, 6.45) is 8.50. The number of fused-ring (bicyclic) bond motifs is 1. The molecule has 0 aliphatic heterocycles. The van der Waals surface area contributed by atoms with Crippen LogP contribution in [0.5, 0.6) is 0 Å². The van der Waals surface area contributed by atoms with Gasteiger partial charge in [-0.1, -0.05) is 35.5 Å². The quantitative estimate of drug-likeness (QED) is 0.223. The first-order chi connectivity index (χ1) is 16.4. The number of allylic oxidation sites excluding steroid dienone is 1. The number of aromatic nitrogens is 2. The predicted molar refractivity (Wildman–Crippen MR) is 122 cm³/mol. The lowest BCUT2D eigenvalue weighted by molar-refractivity contribution is 0.0925. The number of oxime groups is 1. The Kier molecular flexibility index (Phi) is 6.67. The first kappa shape index (κ1) is 23.1. The fourth-order valence-electron chi connectivity index (χ4n) is 4.36. The summed E-state index contributed by atoms with van der Waals surface area (Å²) in [5.74, 6) is -0.844. The van der Waals surface area contributed by atoms with Crippen LogP contribution in [0.4, 0.5) is 4.39 Å². The van der Waals surface area contributed by atoms with E-state index in [4.69, 9.17) is 10.9 Å². The zero-order valence-electron chi connectivity index (χ0n) is 18.5. The minimum atomic E-state index is -0.463. The maximum absolute atomic E-state index is 13.4. The van der Waals surface area contributed by atoms with Crippen LogP contribution in [-0.2, 0) is 6.54 Å². The van der Waals surface area contributed by atoms with E-state index < -0.39 is 11.8 Å². The zero-order valence-corrected chi connectivity index (χ0v) is 18.5. The number of amides is 2. The van der Waals surface area contributed by atoms with Gasteiger partial charge < -0.3 is 21.6 Å². The molecular weight excluding hydrogens is 439 g/mol. The first-order valence-corrected chi connectivity index (χ1v) is 10.9. The zero-order chi connectivity index (χ0) is 24.2. The van der Waals surface area contributed by atoms with Crippen LogP contribution in [0, 0.1) is 24.6 Å². The maximum Gasteiger partial charge on any atom is 0.270 e. The lowest BCUT2D eigenvalue weighted by Gasteiger charge is -2.24. The van der Waals surface area contributed by atoms with Gasteiger partial charge in [0.25, 0.3) is 11.8 Å². The highest BCUT2D eigenvalue weighted by molar-refractivity contribution is 5.99. The number of nitrogens with two attached hydrogens (primary N) is 1. The van der Waals surface area contributed by atoms with Crippen molar-refractivity contribution in [1.29, 1.82) is 0 Å². The molecule has 10 heteroatoms. The smallest absolute Gasteiger partial charge is 0.270 e. The van der Waals surface area contributed by atoms with Crippen molar-refractivity contribution in [2.75, 3.05) is 0 Å². The standard InChI is InChI=1S/C24H25FN6O3/c1-13-8-14(2-6-18(13)25)11-27-23(32)20-10-21(29-12-28-20)24(33)30-19-7-4-15-9-16(22(26)31-34)3-5-17(15)19/h2-3,5-6,8-10,12,15,17,19,34H,4,7,11H2,1H3,(H2,26,31)(H,27,32)(H,30,33). The number of benzene rings is 1. The Morgan fingerprint density at radius 3 is 2.71 bits per heavy atom. The number of halogens is 1. The van der Waals surface area contributed by atoms with Gasteiger partial charge in [0.2, 0.25) is 0 Å². The molecule has 5 N–H and O–H groups in total. The molecular formula is C24H25FN6O3. The Morgan fingerprint density at radius 2 is 1.97 bits per heavy atom. The second-order valence-electron chi connectivity index (χ2n) is 8.42. The number of rotatable bonds is 6. The van der Waals surface area contributed by atoms with Gasteiger partial charge in [-0.25, -0.2) is 14.4 Å². The number of hydrogen-bond acceptors (Lipinski definition) is 6. The summed E-state index contributed by atoms with van der Waals surface area (Å²) in [6, 6.07) is 5.85. The Labute approximate surface area is 195 Å². The molecule has 0 bridgehead atoms. The molecule has 0 radical (unpaired) electrons. The Morgan fingerprint density at radius 1 is 1.21 bits per heavy atom. The molecule has 3 unspecified atom stereocenters. The third-order valence-corrected chi connectivity index (χ3v) is 6.19. The summed E-state index contributed by atoms with van der Waals surface area (Å²) in [6.45, 7) is 1.85. The minimum absolute atomic E-state index is 0.0588. The second-order valence-corrected chi connectivity index (χ2v) is 8.42. The van der Waals surface area contributed by atoms with Crippen LogP contribution in [-0.4, -0.2) is 38.9 Å². The van der Waals surface area contributed by atoms with Crippen LogP contribution in [0.25, 0.3) is 0 Å². The van der Waals surface area contributed by atoms with Crippen LogP contribution in [0.3, 0.4) is 0 Å². The van der Waals surface area contributed by atoms with Gasteiger partial charge in [0.15, 0.2) is 5.84 Å². The number of amidine groups is 1. The molecule has 1 aromatic heterocycles. The SMILES string of the molecule is Cc1cc(CNC(=O)c2cc(C(=O)NC3CCC4C=C(/C(N)=N\O)C=CC43)ncn2)ccc1F. The van der Waals surface area contributed by atoms with E-state index in [1.165, 1.54) is 18.5 Å². The van der Waals surface area contributed by atoms with Crippen molar-refractivity contribution in [2.24, 2.45) is 22.7 Å². The monoisotopic (exact) mass is 464 g/mol. The summed E-state index contributed by atoms with van der Waals surface area (Å²) < 4.78 is 13.4. The van der Waals surface area contributed by atoms with Gasteiger partial charge >= 0.3 is 0 Å². The molecule has 176 valence electrons. The van der Waals surface area contributed by atoms with Gasteiger partial charge in [-0.05, 0) is 42.9 Å². The molecule has 1 saturated carbocycles. The molecule has 34 heavy (non-hydrogen) atoms. The average molecular weight is 465 g/mol. The highest BCUT2D eigenvalue weighted by Crippen LogP contribution is 2.37. The van der Waals surface area contributed by atoms with Crippen LogP contribution in [0.15, 0.2) is 59.5 Å². The number of hydrogen-bond donors (Lipinski definition) is 4. The predicted octanol–water partition coefficient (Wildman–Crippen LogP) is 2.22.